The molecule has 0 aromatic heterocycles. The molecule has 1 atom stereocenters. The lowest BCUT2D eigenvalue weighted by Gasteiger charge is -2.20. The Morgan fingerprint density at radius 3 is 2.65 bits per heavy atom. The van der Waals surface area contributed by atoms with Gasteiger partial charge in [0.15, 0.2) is 0 Å². The molecule has 31 heavy (non-hydrogen) atoms. The van der Waals surface area contributed by atoms with Crippen LogP contribution in [0.4, 0.5) is 5.69 Å². The van der Waals surface area contributed by atoms with E-state index >= 15 is 0 Å². The highest BCUT2D eigenvalue weighted by Crippen LogP contribution is 2.39. The third-order valence-electron chi connectivity index (χ3n) is 5.21. The molecule has 0 saturated heterocycles. The molecule has 4 rings (SSSR count). The first-order chi connectivity index (χ1) is 15.0. The Bertz CT molecular complexity index is 1160. The summed E-state index contributed by atoms with van der Waals surface area (Å²) >= 11 is 1.42. The number of thioether (sulfide) groups is 1. The zero-order valence-electron chi connectivity index (χ0n) is 17.5. The molecular formula is C26H24N2O2S. The van der Waals surface area contributed by atoms with E-state index in [4.69, 9.17) is 0 Å². The minimum atomic E-state index is -0.158. The average Bonchev–Trinajstić information content (AvgIpc) is 2.78. The molecule has 1 aliphatic rings. The van der Waals surface area contributed by atoms with Gasteiger partial charge in [-0.25, -0.2) is 0 Å². The second-order valence-electron chi connectivity index (χ2n) is 7.71. The SMILES string of the molecule is Cc1cccc(/C=C2/Sc3ccc(C(=O)NC[C@@H](C)c4ccccc4)cc3NC2=O)c1. The van der Waals surface area contributed by atoms with Crippen molar-refractivity contribution in [3.63, 3.8) is 0 Å². The topological polar surface area (TPSA) is 58.2 Å². The van der Waals surface area contributed by atoms with Crippen LogP contribution in [0, 0.1) is 6.92 Å². The standard InChI is InChI=1S/C26H24N2O2S/c1-17-7-6-8-19(13-17)14-24-26(30)28-22-15-21(11-12-23(22)31-24)25(29)27-16-18(2)20-9-4-3-5-10-20/h3-15,18H,16H2,1-2H3,(H,27,29)(H,28,30)/b24-14+/t18-/m1/s1. The fourth-order valence-electron chi connectivity index (χ4n) is 3.46. The van der Waals surface area contributed by atoms with Gasteiger partial charge in [0.1, 0.15) is 0 Å². The number of anilines is 1. The van der Waals surface area contributed by atoms with Crippen LogP contribution in [0.1, 0.15) is 39.9 Å². The molecule has 2 N–H and O–H groups in total. The van der Waals surface area contributed by atoms with Crippen molar-refractivity contribution in [1.82, 2.24) is 5.32 Å². The number of aryl methyl sites for hydroxylation is 1. The molecule has 1 aliphatic heterocycles. The summed E-state index contributed by atoms with van der Waals surface area (Å²) in [5.74, 6) is -0.0902. The molecule has 3 aromatic rings. The molecule has 0 bridgehead atoms. The number of amides is 2. The van der Waals surface area contributed by atoms with Gasteiger partial charge >= 0.3 is 0 Å². The summed E-state index contributed by atoms with van der Waals surface area (Å²) in [5, 5.41) is 5.91. The van der Waals surface area contributed by atoms with Crippen LogP contribution in [0.25, 0.3) is 6.08 Å². The Hall–Kier alpha value is -3.31. The van der Waals surface area contributed by atoms with E-state index < -0.39 is 0 Å². The van der Waals surface area contributed by atoms with Crippen LogP contribution in [0.5, 0.6) is 0 Å². The average molecular weight is 429 g/mol. The number of carbonyl (C=O) groups excluding carboxylic acids is 2. The van der Waals surface area contributed by atoms with E-state index in [-0.39, 0.29) is 17.7 Å². The van der Waals surface area contributed by atoms with E-state index in [1.165, 1.54) is 17.3 Å². The molecule has 0 spiro atoms. The predicted molar refractivity (Wildman–Crippen MR) is 127 cm³/mol. The molecule has 0 aliphatic carbocycles. The number of hydrogen-bond acceptors (Lipinski definition) is 3. The van der Waals surface area contributed by atoms with Gasteiger partial charge in [0.25, 0.3) is 11.8 Å². The Morgan fingerprint density at radius 1 is 1.06 bits per heavy atom. The maximum Gasteiger partial charge on any atom is 0.262 e. The lowest BCUT2D eigenvalue weighted by molar-refractivity contribution is -0.112. The van der Waals surface area contributed by atoms with Crippen molar-refractivity contribution in [2.24, 2.45) is 0 Å². The van der Waals surface area contributed by atoms with Crippen LogP contribution in [0.15, 0.2) is 82.6 Å². The van der Waals surface area contributed by atoms with E-state index in [2.05, 4.69) is 29.7 Å². The van der Waals surface area contributed by atoms with Gasteiger partial charge in [-0.15, -0.1) is 0 Å². The molecule has 0 radical (unpaired) electrons. The molecule has 4 nitrogen and oxygen atoms in total. The first-order valence-corrected chi connectivity index (χ1v) is 11.1. The van der Waals surface area contributed by atoms with Gasteiger partial charge in [0, 0.05) is 17.0 Å². The van der Waals surface area contributed by atoms with Gasteiger partial charge in [0.2, 0.25) is 0 Å². The van der Waals surface area contributed by atoms with Gasteiger partial charge in [-0.1, -0.05) is 78.8 Å². The third-order valence-corrected chi connectivity index (χ3v) is 6.31. The second-order valence-corrected chi connectivity index (χ2v) is 8.80. The quantitative estimate of drug-likeness (QED) is 0.519. The number of nitrogens with one attached hydrogen (secondary N) is 2. The zero-order chi connectivity index (χ0) is 21.8. The number of fused-ring (bicyclic) bond motifs is 1. The fourth-order valence-corrected chi connectivity index (χ4v) is 4.39. The van der Waals surface area contributed by atoms with Crippen LogP contribution >= 0.6 is 11.8 Å². The van der Waals surface area contributed by atoms with Crippen molar-refractivity contribution in [3.8, 4) is 0 Å². The van der Waals surface area contributed by atoms with Crippen molar-refractivity contribution in [1.29, 1.82) is 0 Å². The van der Waals surface area contributed by atoms with Crippen molar-refractivity contribution in [3.05, 3.63) is 100.0 Å². The van der Waals surface area contributed by atoms with Gasteiger partial charge < -0.3 is 10.6 Å². The first kappa shape index (κ1) is 20.9. The number of rotatable bonds is 5. The highest BCUT2D eigenvalue weighted by Gasteiger charge is 2.22. The lowest BCUT2D eigenvalue weighted by atomic mass is 10.0. The first-order valence-electron chi connectivity index (χ1n) is 10.2. The highest BCUT2D eigenvalue weighted by molar-refractivity contribution is 8.04. The van der Waals surface area contributed by atoms with Gasteiger partial charge in [0.05, 0.1) is 10.6 Å². The smallest absolute Gasteiger partial charge is 0.262 e. The predicted octanol–water partition coefficient (Wildman–Crippen LogP) is 5.61. The molecule has 5 heteroatoms. The van der Waals surface area contributed by atoms with E-state index in [1.807, 2.05) is 61.5 Å². The summed E-state index contributed by atoms with van der Waals surface area (Å²) in [6, 6.07) is 23.6. The third kappa shape index (κ3) is 5.06. The van der Waals surface area contributed by atoms with E-state index in [0.29, 0.717) is 22.7 Å². The van der Waals surface area contributed by atoms with Crippen LogP contribution in [0.3, 0.4) is 0 Å². The fraction of sp³-hybridized carbons (Fsp3) is 0.154. The molecule has 156 valence electrons. The molecule has 2 amide bonds. The number of hydrogen-bond donors (Lipinski definition) is 2. The zero-order valence-corrected chi connectivity index (χ0v) is 18.3. The van der Waals surface area contributed by atoms with Crippen LogP contribution < -0.4 is 10.6 Å². The van der Waals surface area contributed by atoms with Crippen LogP contribution in [-0.4, -0.2) is 18.4 Å². The Kier molecular flexibility index (Phi) is 6.23. The normalized spacial score (nSPS) is 15.2. The second kappa shape index (κ2) is 9.23. The lowest BCUT2D eigenvalue weighted by Crippen LogP contribution is -2.28. The van der Waals surface area contributed by atoms with Crippen molar-refractivity contribution in [2.45, 2.75) is 24.7 Å². The summed E-state index contributed by atoms with van der Waals surface area (Å²) in [5.41, 5.74) is 4.52. The molecule has 1 heterocycles. The summed E-state index contributed by atoms with van der Waals surface area (Å²) in [7, 11) is 0. The summed E-state index contributed by atoms with van der Waals surface area (Å²) in [6.07, 6.45) is 1.89. The largest absolute Gasteiger partial charge is 0.351 e. The van der Waals surface area contributed by atoms with Gasteiger partial charge in [-0.2, -0.15) is 0 Å². The van der Waals surface area contributed by atoms with Crippen molar-refractivity contribution in [2.75, 3.05) is 11.9 Å². The molecule has 3 aromatic carbocycles. The highest BCUT2D eigenvalue weighted by atomic mass is 32.2. The molecule has 0 unspecified atom stereocenters. The summed E-state index contributed by atoms with van der Waals surface area (Å²) < 4.78 is 0. The molecule has 0 saturated carbocycles. The van der Waals surface area contributed by atoms with E-state index in [9.17, 15) is 9.59 Å². The molecular weight excluding hydrogens is 404 g/mol. The summed E-state index contributed by atoms with van der Waals surface area (Å²) in [6.45, 7) is 4.66. The summed E-state index contributed by atoms with van der Waals surface area (Å²) in [4.78, 5) is 26.8. The monoisotopic (exact) mass is 428 g/mol. The van der Waals surface area contributed by atoms with Gasteiger partial charge in [-0.3, -0.25) is 9.59 Å². The van der Waals surface area contributed by atoms with E-state index in [0.717, 1.165) is 16.0 Å². The van der Waals surface area contributed by atoms with Gasteiger partial charge in [-0.05, 0) is 48.2 Å². The Balaban J connectivity index is 1.45. The van der Waals surface area contributed by atoms with Crippen LogP contribution in [0.2, 0.25) is 0 Å². The minimum Gasteiger partial charge on any atom is -0.351 e. The Labute approximate surface area is 186 Å². The number of benzene rings is 3. The van der Waals surface area contributed by atoms with Crippen molar-refractivity contribution >= 4 is 35.3 Å². The van der Waals surface area contributed by atoms with E-state index in [1.54, 1.807) is 12.1 Å². The molecule has 0 fully saturated rings. The maximum atomic E-state index is 12.6. The maximum absolute atomic E-state index is 12.6. The van der Waals surface area contributed by atoms with Crippen LogP contribution in [-0.2, 0) is 4.79 Å². The minimum absolute atomic E-state index is 0.147. The van der Waals surface area contributed by atoms with Crippen molar-refractivity contribution < 1.29 is 9.59 Å². The number of carbonyl (C=O) groups is 2. The Morgan fingerprint density at radius 2 is 1.87 bits per heavy atom.